The molecule has 27 heavy (non-hydrogen) atoms. The van der Waals surface area contributed by atoms with Gasteiger partial charge in [-0.05, 0) is 43.7 Å². The van der Waals surface area contributed by atoms with Gasteiger partial charge in [0.05, 0.1) is 12.6 Å². The molecule has 0 spiro atoms. The van der Waals surface area contributed by atoms with Gasteiger partial charge >= 0.3 is 0 Å². The van der Waals surface area contributed by atoms with Gasteiger partial charge in [0.15, 0.2) is 0 Å². The molecule has 0 radical (unpaired) electrons. The second-order valence-corrected chi connectivity index (χ2v) is 7.06. The number of amides is 1. The minimum atomic E-state index is -0.782. The molecule has 0 aliphatic heterocycles. The molecule has 1 aromatic carbocycles. The third-order valence-electron chi connectivity index (χ3n) is 3.88. The maximum atomic E-state index is 12.5. The van der Waals surface area contributed by atoms with Crippen molar-refractivity contribution in [3.05, 3.63) is 58.4 Å². The Morgan fingerprint density at radius 1 is 1.26 bits per heavy atom. The predicted octanol–water partition coefficient (Wildman–Crippen LogP) is 3.24. The summed E-state index contributed by atoms with van der Waals surface area (Å²) >= 11 is 5.94. The average Bonchev–Trinajstić information content (AvgIpc) is 2.63. The smallest absolute Gasteiger partial charge is 0.271 e. The molecule has 5 nitrogen and oxygen atoms in total. The van der Waals surface area contributed by atoms with Gasteiger partial charge in [-0.15, -0.1) is 6.42 Å². The topological polar surface area (TPSA) is 68.3 Å². The second-order valence-electron chi connectivity index (χ2n) is 6.62. The van der Waals surface area contributed by atoms with E-state index in [9.17, 15) is 9.59 Å². The van der Waals surface area contributed by atoms with E-state index in [4.69, 9.17) is 22.8 Å². The Hall–Kier alpha value is -2.84. The Balaban J connectivity index is 2.09. The van der Waals surface area contributed by atoms with E-state index >= 15 is 0 Å². The van der Waals surface area contributed by atoms with Crippen molar-refractivity contribution in [2.75, 3.05) is 7.11 Å². The second kappa shape index (κ2) is 8.70. The minimum Gasteiger partial charge on any atom is -0.496 e. The number of carbonyl (C=O) groups is 2. The summed E-state index contributed by atoms with van der Waals surface area (Å²) in [5.41, 5.74) is 0.893. The van der Waals surface area contributed by atoms with Crippen molar-refractivity contribution < 1.29 is 14.3 Å². The van der Waals surface area contributed by atoms with E-state index in [1.165, 1.54) is 13.3 Å². The molecular weight excluding hydrogens is 364 g/mol. The summed E-state index contributed by atoms with van der Waals surface area (Å²) in [7, 11) is 1.53. The van der Waals surface area contributed by atoms with Crippen LogP contribution >= 0.6 is 11.6 Å². The third-order valence-corrected chi connectivity index (χ3v) is 4.12. The van der Waals surface area contributed by atoms with Gasteiger partial charge in [0.2, 0.25) is 0 Å². The molecule has 2 aromatic rings. The molecular formula is C21H21ClN2O3. The van der Waals surface area contributed by atoms with E-state index in [0.717, 1.165) is 5.56 Å². The van der Waals surface area contributed by atoms with Crippen molar-refractivity contribution in [2.24, 2.45) is 0 Å². The summed E-state index contributed by atoms with van der Waals surface area (Å²) < 4.78 is 5.27. The Morgan fingerprint density at radius 2 is 2.00 bits per heavy atom. The fraction of sp³-hybridized carbons (Fsp3) is 0.286. The number of methoxy groups -OCH3 is 1. The van der Waals surface area contributed by atoms with Gasteiger partial charge < -0.3 is 10.1 Å². The van der Waals surface area contributed by atoms with Crippen molar-refractivity contribution >= 4 is 23.3 Å². The zero-order chi connectivity index (χ0) is 20.0. The van der Waals surface area contributed by atoms with Crippen LogP contribution in [0.4, 0.5) is 0 Å². The number of hydrogen-bond acceptors (Lipinski definition) is 4. The predicted molar refractivity (Wildman–Crippen MR) is 105 cm³/mol. The standard InChI is InChI=1S/C21H21ClN2O3/c1-5-21(2,3)24-20(26)18-11-14(8-9-23-18)10-17(25)12-15-6-7-16(22)13-19(15)27-4/h1,6-9,11,13H,10,12H2,2-4H3,(H,24,26). The van der Waals surface area contributed by atoms with E-state index in [1.807, 2.05) is 0 Å². The molecule has 0 atom stereocenters. The highest BCUT2D eigenvalue weighted by Crippen LogP contribution is 2.24. The van der Waals surface area contributed by atoms with Gasteiger partial charge in [0, 0.05) is 29.6 Å². The minimum absolute atomic E-state index is 0.0165. The summed E-state index contributed by atoms with van der Waals surface area (Å²) in [5, 5.41) is 3.26. The lowest BCUT2D eigenvalue weighted by atomic mass is 10.0. The molecule has 1 heterocycles. The molecule has 0 saturated carbocycles. The number of nitrogens with one attached hydrogen (secondary N) is 1. The van der Waals surface area contributed by atoms with Crippen molar-refractivity contribution in [2.45, 2.75) is 32.2 Å². The van der Waals surface area contributed by atoms with Gasteiger partial charge in [0.1, 0.15) is 17.2 Å². The van der Waals surface area contributed by atoms with Crippen molar-refractivity contribution in [1.82, 2.24) is 10.3 Å². The van der Waals surface area contributed by atoms with Crippen LogP contribution in [0, 0.1) is 12.3 Å². The number of carbonyl (C=O) groups excluding carboxylic acids is 2. The number of ketones is 1. The first-order valence-electron chi connectivity index (χ1n) is 8.33. The molecule has 2 rings (SSSR count). The number of benzene rings is 1. The maximum Gasteiger partial charge on any atom is 0.271 e. The lowest BCUT2D eigenvalue weighted by Crippen LogP contribution is -2.42. The molecule has 1 aromatic heterocycles. The van der Waals surface area contributed by atoms with Crippen molar-refractivity contribution in [3.8, 4) is 18.1 Å². The molecule has 0 unspecified atom stereocenters. The number of rotatable bonds is 7. The largest absolute Gasteiger partial charge is 0.496 e. The SMILES string of the molecule is C#CC(C)(C)NC(=O)c1cc(CC(=O)Cc2ccc(Cl)cc2OC)ccn1. The summed E-state index contributed by atoms with van der Waals surface area (Å²) in [4.78, 5) is 28.8. The van der Waals surface area contributed by atoms with Gasteiger partial charge in [0.25, 0.3) is 5.91 Å². The van der Waals surface area contributed by atoms with E-state index < -0.39 is 5.54 Å². The highest BCUT2D eigenvalue weighted by molar-refractivity contribution is 6.30. The van der Waals surface area contributed by atoms with Crippen molar-refractivity contribution in [3.63, 3.8) is 0 Å². The number of nitrogens with zero attached hydrogens (tertiary/aromatic N) is 1. The molecule has 140 valence electrons. The van der Waals surface area contributed by atoms with Gasteiger partial charge in [-0.1, -0.05) is 23.6 Å². The Labute approximate surface area is 164 Å². The number of halogens is 1. The first kappa shape index (κ1) is 20.5. The molecule has 0 bridgehead atoms. The lowest BCUT2D eigenvalue weighted by molar-refractivity contribution is -0.117. The summed E-state index contributed by atoms with van der Waals surface area (Å²) in [6.07, 6.45) is 7.27. The first-order chi connectivity index (χ1) is 12.7. The van der Waals surface area contributed by atoms with Crippen LogP contribution in [0.2, 0.25) is 5.02 Å². The van der Waals surface area contributed by atoms with E-state index in [-0.39, 0.29) is 30.2 Å². The first-order valence-corrected chi connectivity index (χ1v) is 8.71. The summed E-state index contributed by atoms with van der Waals surface area (Å²) in [5.74, 6) is 2.67. The molecule has 0 aliphatic rings. The number of hydrogen-bond donors (Lipinski definition) is 1. The summed E-state index contributed by atoms with van der Waals surface area (Å²) in [6, 6.07) is 8.46. The third kappa shape index (κ3) is 5.83. The van der Waals surface area contributed by atoms with Crippen LogP contribution in [-0.4, -0.2) is 29.3 Å². The van der Waals surface area contributed by atoms with Gasteiger partial charge in [-0.3, -0.25) is 14.6 Å². The zero-order valence-electron chi connectivity index (χ0n) is 15.5. The van der Waals surface area contributed by atoms with E-state index in [1.54, 1.807) is 44.2 Å². The molecule has 0 aliphatic carbocycles. The molecule has 1 N–H and O–H groups in total. The number of pyridine rings is 1. The number of terminal acetylenes is 1. The fourth-order valence-corrected chi connectivity index (χ4v) is 2.62. The van der Waals surface area contributed by atoms with Crippen LogP contribution in [-0.2, 0) is 17.6 Å². The lowest BCUT2D eigenvalue weighted by Gasteiger charge is -2.19. The fourth-order valence-electron chi connectivity index (χ4n) is 2.46. The van der Waals surface area contributed by atoms with E-state index in [2.05, 4.69) is 16.2 Å². The van der Waals surface area contributed by atoms with Crippen LogP contribution in [0.15, 0.2) is 36.5 Å². The number of ether oxygens (including phenoxy) is 1. The zero-order valence-corrected chi connectivity index (χ0v) is 16.3. The monoisotopic (exact) mass is 384 g/mol. The highest BCUT2D eigenvalue weighted by Gasteiger charge is 2.19. The summed E-state index contributed by atoms with van der Waals surface area (Å²) in [6.45, 7) is 3.44. The quantitative estimate of drug-likeness (QED) is 0.744. The maximum absolute atomic E-state index is 12.5. The van der Waals surface area contributed by atoms with Crippen LogP contribution in [0.5, 0.6) is 5.75 Å². The van der Waals surface area contributed by atoms with Gasteiger partial charge in [-0.2, -0.15) is 0 Å². The Bertz CT molecular complexity index is 901. The Morgan fingerprint density at radius 3 is 2.67 bits per heavy atom. The van der Waals surface area contributed by atoms with Crippen LogP contribution < -0.4 is 10.1 Å². The molecule has 1 amide bonds. The normalized spacial score (nSPS) is 10.8. The van der Waals surface area contributed by atoms with Gasteiger partial charge in [-0.25, -0.2) is 0 Å². The highest BCUT2D eigenvalue weighted by atomic mass is 35.5. The molecule has 0 saturated heterocycles. The Kier molecular flexibility index (Phi) is 6.59. The van der Waals surface area contributed by atoms with Crippen LogP contribution in [0.3, 0.4) is 0 Å². The van der Waals surface area contributed by atoms with E-state index in [0.29, 0.717) is 16.3 Å². The molecule has 0 fully saturated rings. The van der Waals surface area contributed by atoms with Crippen LogP contribution in [0.25, 0.3) is 0 Å². The van der Waals surface area contributed by atoms with Crippen LogP contribution in [0.1, 0.15) is 35.5 Å². The average molecular weight is 385 g/mol. The number of aromatic nitrogens is 1. The number of Topliss-reactive ketones (excluding diaryl/α,β-unsaturated/α-hetero) is 1. The van der Waals surface area contributed by atoms with Crippen molar-refractivity contribution in [1.29, 1.82) is 0 Å². The molecule has 6 heteroatoms.